The average Bonchev–Trinajstić information content (AvgIpc) is 2.99. The number of rotatable bonds is 5. The second-order valence-electron chi connectivity index (χ2n) is 12.4. The van der Waals surface area contributed by atoms with Gasteiger partial charge in [-0.3, -0.25) is 4.79 Å². The minimum absolute atomic E-state index is 0.471. The van der Waals surface area contributed by atoms with Crippen LogP contribution in [0.2, 0.25) is 0 Å². The van der Waals surface area contributed by atoms with Crippen LogP contribution in [0.5, 0.6) is 0 Å². The number of hydrogen-bond donors (Lipinski definition) is 0. The lowest BCUT2D eigenvalue weighted by molar-refractivity contribution is -0.140. The molecule has 4 rings (SSSR count). The molecule has 4 saturated carbocycles. The summed E-state index contributed by atoms with van der Waals surface area (Å²) < 4.78 is 0. The molecule has 0 amide bonds. The quantitative estimate of drug-likeness (QED) is 0.473. The zero-order valence-corrected chi connectivity index (χ0v) is 19.4. The summed E-state index contributed by atoms with van der Waals surface area (Å²) in [6.07, 6.45) is 15.9. The summed E-state index contributed by atoms with van der Waals surface area (Å²) in [7, 11) is 0. The number of hydrogen-bond acceptors (Lipinski definition) is 1. The van der Waals surface area contributed by atoms with E-state index in [0.29, 0.717) is 22.5 Å². The lowest BCUT2D eigenvalue weighted by Crippen LogP contribution is -2.53. The van der Waals surface area contributed by atoms with Crippen molar-refractivity contribution in [2.75, 3.05) is 0 Å². The Bertz CT molecular complexity index is 579. The molecule has 4 aliphatic rings. The Hall–Kier alpha value is -0.330. The fourth-order valence-electron chi connectivity index (χ4n) is 9.07. The fourth-order valence-corrected chi connectivity index (χ4v) is 9.07. The van der Waals surface area contributed by atoms with Gasteiger partial charge in [0.1, 0.15) is 5.78 Å². The van der Waals surface area contributed by atoms with Gasteiger partial charge in [-0.2, -0.15) is 0 Å². The highest BCUT2D eigenvalue weighted by Crippen LogP contribution is 2.68. The summed E-state index contributed by atoms with van der Waals surface area (Å²) in [5.41, 5.74) is 1.07. The average molecular weight is 387 g/mol. The molecule has 8 atom stereocenters. The third-order valence-electron chi connectivity index (χ3n) is 10.7. The first-order chi connectivity index (χ1) is 13.3. The molecule has 0 aliphatic heterocycles. The van der Waals surface area contributed by atoms with Crippen LogP contribution in [0.4, 0.5) is 0 Å². The van der Waals surface area contributed by atoms with Gasteiger partial charge < -0.3 is 0 Å². The first-order valence-corrected chi connectivity index (χ1v) is 12.8. The molecule has 0 aromatic heterocycles. The minimum atomic E-state index is 0.471. The van der Waals surface area contributed by atoms with E-state index < -0.39 is 0 Å². The summed E-state index contributed by atoms with van der Waals surface area (Å²) in [6, 6.07) is 0. The van der Waals surface area contributed by atoms with Crippen molar-refractivity contribution in [3.63, 3.8) is 0 Å². The van der Waals surface area contributed by atoms with Crippen molar-refractivity contribution in [3.05, 3.63) is 0 Å². The van der Waals surface area contributed by atoms with Crippen molar-refractivity contribution in [1.82, 2.24) is 0 Å². The summed E-state index contributed by atoms with van der Waals surface area (Å²) in [5, 5.41) is 0. The van der Waals surface area contributed by atoms with E-state index >= 15 is 0 Å². The highest BCUT2D eigenvalue weighted by molar-refractivity contribution is 5.79. The van der Waals surface area contributed by atoms with Crippen LogP contribution in [0.1, 0.15) is 112 Å². The van der Waals surface area contributed by atoms with Crippen LogP contribution in [-0.4, -0.2) is 5.78 Å². The Kier molecular flexibility index (Phi) is 5.78. The number of fused-ring (bicyclic) bond motifs is 5. The van der Waals surface area contributed by atoms with E-state index in [1.807, 2.05) is 0 Å². The molecule has 160 valence electrons. The van der Waals surface area contributed by atoms with Gasteiger partial charge in [-0.25, -0.2) is 0 Å². The second-order valence-corrected chi connectivity index (χ2v) is 12.4. The molecule has 0 spiro atoms. The molecule has 0 radical (unpaired) electrons. The maximum Gasteiger partial charge on any atom is 0.133 e. The van der Waals surface area contributed by atoms with E-state index in [4.69, 9.17) is 0 Å². The topological polar surface area (TPSA) is 17.1 Å². The van der Waals surface area contributed by atoms with Crippen LogP contribution in [0.3, 0.4) is 0 Å². The van der Waals surface area contributed by atoms with E-state index in [9.17, 15) is 4.79 Å². The molecular formula is C27H46O. The second kappa shape index (κ2) is 7.73. The first kappa shape index (κ1) is 20.9. The fraction of sp³-hybridized carbons (Fsp3) is 0.963. The van der Waals surface area contributed by atoms with Crippen molar-refractivity contribution in [2.45, 2.75) is 112 Å². The van der Waals surface area contributed by atoms with Gasteiger partial charge >= 0.3 is 0 Å². The van der Waals surface area contributed by atoms with Crippen LogP contribution >= 0.6 is 0 Å². The van der Waals surface area contributed by atoms with Crippen LogP contribution < -0.4 is 0 Å². The monoisotopic (exact) mass is 386 g/mol. The van der Waals surface area contributed by atoms with Gasteiger partial charge in [0.2, 0.25) is 0 Å². The largest absolute Gasteiger partial charge is 0.300 e. The maximum atomic E-state index is 12.1. The summed E-state index contributed by atoms with van der Waals surface area (Å²) in [6.45, 7) is 12.6. The Morgan fingerprint density at radius 2 is 1.64 bits per heavy atom. The van der Waals surface area contributed by atoms with Gasteiger partial charge in [-0.1, -0.05) is 53.9 Å². The Balaban J connectivity index is 1.47. The summed E-state index contributed by atoms with van der Waals surface area (Å²) in [4.78, 5) is 12.1. The number of ketones is 1. The third-order valence-corrected chi connectivity index (χ3v) is 10.7. The molecular weight excluding hydrogens is 340 g/mol. The highest BCUT2D eigenvalue weighted by Gasteiger charge is 2.60. The van der Waals surface area contributed by atoms with Gasteiger partial charge in [0.05, 0.1) is 0 Å². The Labute approximate surface area is 174 Å². The number of carbonyl (C=O) groups excluding carboxylic acids is 1. The zero-order chi connectivity index (χ0) is 20.1. The lowest BCUT2D eigenvalue weighted by atomic mass is 9.44. The standard InChI is InChI=1S/C27H46O/c1-18(2)7-6-8-19(3)23-11-12-24-22-10-9-20-17-21(28)13-15-26(20,4)25(22)14-16-27(23,24)5/h18-20,22-25H,6-17H2,1-5H3/t19-,20-,22-,23-,24+,25+,26-,27+/m0/s1. The van der Waals surface area contributed by atoms with Gasteiger partial charge in [0.15, 0.2) is 0 Å². The molecule has 0 unspecified atom stereocenters. The number of Topliss-reactive ketones (excluding diaryl/α,β-unsaturated/α-hetero) is 1. The van der Waals surface area contributed by atoms with Crippen LogP contribution in [0, 0.1) is 52.3 Å². The molecule has 4 aliphatic carbocycles. The van der Waals surface area contributed by atoms with Crippen molar-refractivity contribution in [3.8, 4) is 0 Å². The highest BCUT2D eigenvalue weighted by atomic mass is 16.1. The molecule has 0 bridgehead atoms. The number of carbonyl (C=O) groups is 1. The molecule has 0 saturated heterocycles. The minimum Gasteiger partial charge on any atom is -0.300 e. The third kappa shape index (κ3) is 3.41. The zero-order valence-electron chi connectivity index (χ0n) is 19.4. The van der Waals surface area contributed by atoms with Crippen LogP contribution in [0.15, 0.2) is 0 Å². The Morgan fingerprint density at radius 1 is 0.893 bits per heavy atom. The Morgan fingerprint density at radius 3 is 2.39 bits per heavy atom. The van der Waals surface area contributed by atoms with Crippen molar-refractivity contribution in [2.24, 2.45) is 52.3 Å². The summed E-state index contributed by atoms with van der Waals surface area (Å²) in [5.74, 6) is 6.82. The van der Waals surface area contributed by atoms with Crippen molar-refractivity contribution in [1.29, 1.82) is 0 Å². The van der Waals surface area contributed by atoms with E-state index in [1.54, 1.807) is 0 Å². The van der Waals surface area contributed by atoms with Gasteiger partial charge in [-0.05, 0) is 97.2 Å². The normalized spacial score (nSPS) is 46.8. The SMILES string of the molecule is CC(C)CCC[C@H](C)[C@@H]1CC[C@@H]2[C@@H]3CC[C@H]4CC(=O)CC[C@]4(C)[C@@H]3CC[C@@]21C. The smallest absolute Gasteiger partial charge is 0.133 e. The molecule has 0 heterocycles. The van der Waals surface area contributed by atoms with E-state index in [0.717, 1.165) is 48.3 Å². The predicted octanol–water partition coefficient (Wildman–Crippen LogP) is 7.68. The molecule has 0 N–H and O–H groups in total. The molecule has 28 heavy (non-hydrogen) atoms. The molecule has 1 heteroatoms. The molecule has 1 nitrogen and oxygen atoms in total. The van der Waals surface area contributed by atoms with Gasteiger partial charge in [0.25, 0.3) is 0 Å². The predicted molar refractivity (Wildman–Crippen MR) is 118 cm³/mol. The van der Waals surface area contributed by atoms with Crippen LogP contribution in [-0.2, 0) is 4.79 Å². The van der Waals surface area contributed by atoms with E-state index in [1.165, 1.54) is 64.2 Å². The summed E-state index contributed by atoms with van der Waals surface area (Å²) >= 11 is 0. The van der Waals surface area contributed by atoms with E-state index in [2.05, 4.69) is 34.6 Å². The van der Waals surface area contributed by atoms with Gasteiger partial charge in [0, 0.05) is 12.8 Å². The van der Waals surface area contributed by atoms with Crippen LogP contribution in [0.25, 0.3) is 0 Å². The lowest BCUT2D eigenvalue weighted by Gasteiger charge is -2.60. The van der Waals surface area contributed by atoms with Crippen molar-refractivity contribution >= 4 is 5.78 Å². The first-order valence-electron chi connectivity index (χ1n) is 12.8. The molecule has 4 fully saturated rings. The molecule has 0 aromatic carbocycles. The molecule has 0 aromatic rings. The van der Waals surface area contributed by atoms with E-state index in [-0.39, 0.29) is 0 Å². The maximum absolute atomic E-state index is 12.1. The van der Waals surface area contributed by atoms with Crippen molar-refractivity contribution < 1.29 is 4.79 Å². The van der Waals surface area contributed by atoms with Gasteiger partial charge in [-0.15, -0.1) is 0 Å².